The third-order valence-electron chi connectivity index (χ3n) is 15.7. The molecule has 3 aliphatic rings. The van der Waals surface area contributed by atoms with Crippen molar-refractivity contribution in [3.8, 4) is 22.3 Å². The Morgan fingerprint density at radius 3 is 1.60 bits per heavy atom. The molecule has 10 aromatic carbocycles. The van der Waals surface area contributed by atoms with E-state index in [-0.39, 0.29) is 5.41 Å². The molecule has 1 saturated carbocycles. The SMILES string of the molecule is c1ccc(-c2ccc(-c3c(N(c4ccccc4)c4cccc5c4C46c7c(cccc7N(c7ccccc7)c7ccc8c(c7)oc7ccccc78)CC4CCC6C5)ccc4ccccc34)cc2)cc1. The van der Waals surface area contributed by atoms with E-state index in [4.69, 9.17) is 4.42 Å². The summed E-state index contributed by atoms with van der Waals surface area (Å²) >= 11 is 0. The Bertz CT molecular complexity index is 3700. The average Bonchev–Trinajstić information content (AvgIpc) is 4.14. The first-order valence-corrected chi connectivity index (χ1v) is 24.3. The monoisotopic (exact) mass is 872 g/mol. The number of rotatable bonds is 8. The lowest BCUT2D eigenvalue weighted by atomic mass is 9.68. The van der Waals surface area contributed by atoms with E-state index in [0.717, 1.165) is 51.8 Å². The molecule has 3 aliphatic carbocycles. The van der Waals surface area contributed by atoms with Crippen LogP contribution in [-0.4, -0.2) is 0 Å². The quantitative estimate of drug-likeness (QED) is 0.152. The molecule has 68 heavy (non-hydrogen) atoms. The molecule has 324 valence electrons. The number of benzene rings is 10. The molecule has 1 heterocycles. The Balaban J connectivity index is 1.00. The van der Waals surface area contributed by atoms with Crippen molar-refractivity contribution in [1.29, 1.82) is 0 Å². The van der Waals surface area contributed by atoms with Crippen LogP contribution in [0.2, 0.25) is 0 Å². The Labute approximate surface area is 397 Å². The summed E-state index contributed by atoms with van der Waals surface area (Å²) in [5.41, 5.74) is 19.6. The van der Waals surface area contributed by atoms with Gasteiger partial charge in [-0.3, -0.25) is 0 Å². The molecule has 0 aliphatic heterocycles. The van der Waals surface area contributed by atoms with E-state index in [0.29, 0.717) is 11.8 Å². The number of furan rings is 1. The van der Waals surface area contributed by atoms with Gasteiger partial charge >= 0.3 is 0 Å². The molecule has 3 heteroatoms. The Morgan fingerprint density at radius 2 is 0.912 bits per heavy atom. The maximum Gasteiger partial charge on any atom is 0.137 e. The fraction of sp³-hybridized carbons (Fsp3) is 0.108. The topological polar surface area (TPSA) is 19.6 Å². The molecule has 0 amide bonds. The number of anilines is 6. The van der Waals surface area contributed by atoms with Crippen molar-refractivity contribution in [1.82, 2.24) is 0 Å². The van der Waals surface area contributed by atoms with Crippen LogP contribution >= 0.6 is 0 Å². The molecule has 0 saturated heterocycles. The van der Waals surface area contributed by atoms with Crippen LogP contribution in [0.1, 0.15) is 35.1 Å². The first-order valence-electron chi connectivity index (χ1n) is 24.3. The minimum Gasteiger partial charge on any atom is -0.456 e. The predicted molar refractivity (Wildman–Crippen MR) is 282 cm³/mol. The van der Waals surface area contributed by atoms with Crippen molar-refractivity contribution in [2.75, 3.05) is 9.80 Å². The lowest BCUT2D eigenvalue weighted by Crippen LogP contribution is -2.34. The van der Waals surface area contributed by atoms with Crippen molar-refractivity contribution in [2.24, 2.45) is 11.8 Å². The molecule has 14 rings (SSSR count). The highest BCUT2D eigenvalue weighted by molar-refractivity contribution is 6.07. The molecule has 3 nitrogen and oxygen atoms in total. The van der Waals surface area contributed by atoms with Crippen LogP contribution in [0.3, 0.4) is 0 Å². The van der Waals surface area contributed by atoms with Gasteiger partial charge in [0.15, 0.2) is 0 Å². The molecular weight excluding hydrogens is 825 g/mol. The Morgan fingerprint density at radius 1 is 0.368 bits per heavy atom. The second-order valence-corrected chi connectivity index (χ2v) is 19.1. The zero-order valence-corrected chi connectivity index (χ0v) is 37.7. The van der Waals surface area contributed by atoms with E-state index in [9.17, 15) is 0 Å². The predicted octanol–water partition coefficient (Wildman–Crippen LogP) is 17.4. The third kappa shape index (κ3) is 5.85. The van der Waals surface area contributed by atoms with Gasteiger partial charge in [-0.2, -0.15) is 0 Å². The first-order chi connectivity index (χ1) is 33.7. The standard InChI is InChI=1S/C65H48N2O/c1-4-16-43(17-5-1)44-30-32-46(33-31-44)62-54-25-11-10-18-45(54)34-39-57(62)67(52-23-8-3-9-24-52)59-28-15-20-48-41-50-36-35-49-40-47-19-14-27-58(63(47)65(49,50)64(48)59)66(51-21-6-2-7-22-51)53-37-38-56-55-26-12-13-29-60(55)68-61(56)42-53/h1-34,37-39,42,49-50H,35-36,40-41H2. The number of fused-ring (bicyclic) bond motifs is 6. The van der Waals surface area contributed by atoms with Crippen molar-refractivity contribution < 1.29 is 4.42 Å². The summed E-state index contributed by atoms with van der Waals surface area (Å²) in [6.07, 6.45) is 4.56. The number of para-hydroxylation sites is 3. The molecule has 1 fully saturated rings. The number of hydrogen-bond donors (Lipinski definition) is 0. The van der Waals surface area contributed by atoms with Gasteiger partial charge in [0.05, 0.1) is 17.1 Å². The summed E-state index contributed by atoms with van der Waals surface area (Å²) in [5, 5.41) is 4.76. The minimum absolute atomic E-state index is 0.199. The van der Waals surface area contributed by atoms with Gasteiger partial charge in [-0.15, -0.1) is 0 Å². The van der Waals surface area contributed by atoms with Crippen LogP contribution in [0.5, 0.6) is 0 Å². The van der Waals surface area contributed by atoms with E-state index < -0.39 is 0 Å². The van der Waals surface area contributed by atoms with Crippen LogP contribution in [-0.2, 0) is 18.3 Å². The third-order valence-corrected chi connectivity index (χ3v) is 15.7. The molecule has 3 unspecified atom stereocenters. The summed E-state index contributed by atoms with van der Waals surface area (Å²) < 4.78 is 6.58. The summed E-state index contributed by atoms with van der Waals surface area (Å²) in [7, 11) is 0. The van der Waals surface area contributed by atoms with Gasteiger partial charge in [0.2, 0.25) is 0 Å². The Kier molecular flexibility index (Phi) is 8.89. The lowest BCUT2D eigenvalue weighted by molar-refractivity contribution is 0.350. The van der Waals surface area contributed by atoms with E-state index in [1.807, 2.05) is 0 Å². The van der Waals surface area contributed by atoms with Crippen molar-refractivity contribution in [3.63, 3.8) is 0 Å². The van der Waals surface area contributed by atoms with E-state index >= 15 is 0 Å². The Hall–Kier alpha value is -8.14. The van der Waals surface area contributed by atoms with Crippen LogP contribution in [0.4, 0.5) is 34.1 Å². The van der Waals surface area contributed by atoms with E-state index in [1.54, 1.807) is 0 Å². The summed E-state index contributed by atoms with van der Waals surface area (Å²) in [6, 6.07) is 85.2. The zero-order chi connectivity index (χ0) is 44.8. The summed E-state index contributed by atoms with van der Waals surface area (Å²) in [5.74, 6) is 0.946. The summed E-state index contributed by atoms with van der Waals surface area (Å²) in [4.78, 5) is 5.14. The highest BCUT2D eigenvalue weighted by atomic mass is 16.3. The van der Waals surface area contributed by atoms with E-state index in [1.165, 1.54) is 85.2 Å². The second kappa shape index (κ2) is 15.5. The van der Waals surface area contributed by atoms with Crippen molar-refractivity contribution in [2.45, 2.75) is 31.1 Å². The highest BCUT2D eigenvalue weighted by Gasteiger charge is 2.62. The molecule has 1 spiro atoms. The molecule has 0 bridgehead atoms. The second-order valence-electron chi connectivity index (χ2n) is 19.1. The van der Waals surface area contributed by atoms with Gasteiger partial charge in [-0.05, 0) is 148 Å². The molecule has 0 radical (unpaired) electrons. The smallest absolute Gasteiger partial charge is 0.137 e. The van der Waals surface area contributed by atoms with Crippen LogP contribution in [0.15, 0.2) is 235 Å². The van der Waals surface area contributed by atoms with Crippen LogP contribution in [0, 0.1) is 11.8 Å². The zero-order valence-electron chi connectivity index (χ0n) is 37.7. The minimum atomic E-state index is -0.199. The lowest BCUT2D eigenvalue weighted by Gasteiger charge is -2.40. The number of hydrogen-bond acceptors (Lipinski definition) is 3. The van der Waals surface area contributed by atoms with Crippen molar-refractivity contribution >= 4 is 66.8 Å². The fourth-order valence-corrected chi connectivity index (χ4v) is 13.1. The molecule has 11 aromatic rings. The van der Waals surface area contributed by atoms with Gasteiger partial charge in [0, 0.05) is 44.9 Å². The maximum atomic E-state index is 6.58. The average molecular weight is 873 g/mol. The number of nitrogens with zero attached hydrogens (tertiary/aromatic N) is 2. The molecular formula is C65H48N2O. The summed E-state index contributed by atoms with van der Waals surface area (Å²) in [6.45, 7) is 0. The molecule has 3 atom stereocenters. The van der Waals surface area contributed by atoms with E-state index in [2.05, 4.69) is 240 Å². The first kappa shape index (κ1) is 39.1. The van der Waals surface area contributed by atoms with Crippen LogP contribution in [0.25, 0.3) is 55.0 Å². The maximum absolute atomic E-state index is 6.58. The van der Waals surface area contributed by atoms with Gasteiger partial charge < -0.3 is 14.2 Å². The van der Waals surface area contributed by atoms with Gasteiger partial charge in [0.1, 0.15) is 11.2 Å². The normalized spacial score (nSPS) is 17.8. The van der Waals surface area contributed by atoms with Gasteiger partial charge in [-0.25, -0.2) is 0 Å². The van der Waals surface area contributed by atoms with Crippen molar-refractivity contribution in [3.05, 3.63) is 253 Å². The fourth-order valence-electron chi connectivity index (χ4n) is 13.1. The highest BCUT2D eigenvalue weighted by Crippen LogP contribution is 2.69. The molecule has 0 N–H and O–H groups in total. The molecule has 1 aromatic heterocycles. The van der Waals surface area contributed by atoms with Crippen LogP contribution < -0.4 is 9.80 Å². The van der Waals surface area contributed by atoms with Gasteiger partial charge in [0.25, 0.3) is 0 Å². The van der Waals surface area contributed by atoms with Gasteiger partial charge in [-0.1, -0.05) is 164 Å². The largest absolute Gasteiger partial charge is 0.456 e.